The maximum Gasteiger partial charge on any atom is 0.422 e. The molecule has 1 unspecified atom stereocenters. The number of rotatable bonds is 2. The van der Waals surface area contributed by atoms with Crippen molar-refractivity contribution >= 4 is 11.6 Å². The highest BCUT2D eigenvalue weighted by molar-refractivity contribution is 6.30. The van der Waals surface area contributed by atoms with Crippen LogP contribution in [0, 0.1) is 0 Å². The van der Waals surface area contributed by atoms with Crippen molar-refractivity contribution in [2.75, 3.05) is 0 Å². The van der Waals surface area contributed by atoms with Crippen molar-refractivity contribution in [2.45, 2.75) is 13.0 Å². The van der Waals surface area contributed by atoms with E-state index in [1.54, 1.807) is 31.2 Å². The molecule has 0 radical (unpaired) electrons. The quantitative estimate of drug-likeness (QED) is 0.876. The van der Waals surface area contributed by atoms with Gasteiger partial charge < -0.3 is 9.52 Å². The van der Waals surface area contributed by atoms with Gasteiger partial charge >= 0.3 is 5.76 Å². The van der Waals surface area contributed by atoms with Gasteiger partial charge in [0.05, 0.1) is 6.04 Å². The van der Waals surface area contributed by atoms with E-state index in [1.165, 1.54) is 4.57 Å². The molecule has 2 rings (SSSR count). The maximum absolute atomic E-state index is 11.3. The fraction of sp³-hybridized carbons (Fsp3) is 0.182. The van der Waals surface area contributed by atoms with Crippen LogP contribution < -0.4 is 5.76 Å². The zero-order valence-corrected chi connectivity index (χ0v) is 9.31. The summed E-state index contributed by atoms with van der Waals surface area (Å²) in [7, 11) is 0. The van der Waals surface area contributed by atoms with Crippen LogP contribution in [0.15, 0.2) is 39.7 Å². The predicted molar refractivity (Wildman–Crippen MR) is 59.9 cm³/mol. The summed E-state index contributed by atoms with van der Waals surface area (Å²) in [5.41, 5.74) is 0.864. The summed E-state index contributed by atoms with van der Waals surface area (Å²) in [5, 5.41) is 10.1. The van der Waals surface area contributed by atoms with E-state index in [9.17, 15) is 9.90 Å². The van der Waals surface area contributed by atoms with E-state index in [0.717, 1.165) is 11.8 Å². The summed E-state index contributed by atoms with van der Waals surface area (Å²) >= 11 is 5.77. The Morgan fingerprint density at radius 2 is 2.00 bits per heavy atom. The van der Waals surface area contributed by atoms with Crippen LogP contribution in [0.3, 0.4) is 0 Å². The van der Waals surface area contributed by atoms with E-state index in [1.807, 2.05) is 0 Å². The molecule has 5 heteroatoms. The highest BCUT2D eigenvalue weighted by Gasteiger charge is 2.15. The molecular formula is C11H10ClNO3. The van der Waals surface area contributed by atoms with Crippen LogP contribution in [-0.4, -0.2) is 9.67 Å². The van der Waals surface area contributed by atoms with E-state index < -0.39 is 5.76 Å². The minimum absolute atomic E-state index is 0.188. The molecule has 84 valence electrons. The van der Waals surface area contributed by atoms with Gasteiger partial charge in [-0.3, -0.25) is 0 Å². The van der Waals surface area contributed by atoms with Crippen molar-refractivity contribution in [3.05, 3.63) is 51.7 Å². The highest BCUT2D eigenvalue weighted by Crippen LogP contribution is 2.22. The van der Waals surface area contributed by atoms with Crippen molar-refractivity contribution in [3.8, 4) is 5.88 Å². The van der Waals surface area contributed by atoms with Crippen LogP contribution in [0.25, 0.3) is 0 Å². The van der Waals surface area contributed by atoms with Gasteiger partial charge in [-0.2, -0.15) is 0 Å². The largest absolute Gasteiger partial charge is 0.492 e. The third-order valence-electron chi connectivity index (χ3n) is 2.45. The lowest BCUT2D eigenvalue weighted by Crippen LogP contribution is -2.18. The number of aromatic nitrogens is 1. The summed E-state index contributed by atoms with van der Waals surface area (Å²) in [6.45, 7) is 1.79. The summed E-state index contributed by atoms with van der Waals surface area (Å²) in [4.78, 5) is 11.3. The maximum atomic E-state index is 11.3. The molecule has 0 saturated heterocycles. The lowest BCUT2D eigenvalue weighted by molar-refractivity contribution is 0.401. The standard InChI is InChI=1S/C11H10ClNO3/c1-7(8-2-4-9(12)5-3-8)13-10(14)6-16-11(13)15/h2-7,14H,1H3. The Hall–Kier alpha value is -1.68. The van der Waals surface area contributed by atoms with E-state index >= 15 is 0 Å². The van der Waals surface area contributed by atoms with Gasteiger partial charge in [0.1, 0.15) is 0 Å². The normalized spacial score (nSPS) is 12.6. The van der Waals surface area contributed by atoms with Crippen LogP contribution in [0.2, 0.25) is 5.02 Å². The molecule has 2 aromatic rings. The van der Waals surface area contributed by atoms with E-state index in [2.05, 4.69) is 4.42 Å². The molecule has 0 fully saturated rings. The Morgan fingerprint density at radius 3 is 2.50 bits per heavy atom. The molecule has 16 heavy (non-hydrogen) atoms. The molecular weight excluding hydrogens is 230 g/mol. The lowest BCUT2D eigenvalue weighted by Gasteiger charge is -2.12. The molecule has 1 atom stereocenters. The van der Waals surface area contributed by atoms with Crippen LogP contribution in [0.5, 0.6) is 5.88 Å². The number of hydrogen-bond donors (Lipinski definition) is 1. The van der Waals surface area contributed by atoms with Crippen LogP contribution >= 0.6 is 11.6 Å². The molecule has 0 amide bonds. The molecule has 0 bridgehead atoms. The molecule has 0 spiro atoms. The van der Waals surface area contributed by atoms with Crippen molar-refractivity contribution in [3.63, 3.8) is 0 Å². The third-order valence-corrected chi connectivity index (χ3v) is 2.70. The number of halogens is 1. The number of hydrogen-bond acceptors (Lipinski definition) is 3. The average Bonchev–Trinajstić information content (AvgIpc) is 2.59. The third kappa shape index (κ3) is 1.84. The van der Waals surface area contributed by atoms with E-state index in [4.69, 9.17) is 11.6 Å². The van der Waals surface area contributed by atoms with E-state index in [-0.39, 0.29) is 11.9 Å². The summed E-state index contributed by atoms with van der Waals surface area (Å²) in [6, 6.07) is 6.76. The molecule has 4 nitrogen and oxygen atoms in total. The number of aromatic hydroxyl groups is 1. The summed E-state index contributed by atoms with van der Waals surface area (Å²) < 4.78 is 5.76. The minimum atomic E-state index is -0.583. The predicted octanol–water partition coefficient (Wildman–Crippen LogP) is 2.41. The molecule has 0 aliphatic carbocycles. The van der Waals surface area contributed by atoms with Gasteiger partial charge in [0.25, 0.3) is 0 Å². The molecule has 0 aliphatic rings. The topological polar surface area (TPSA) is 55.4 Å². The van der Waals surface area contributed by atoms with Gasteiger partial charge in [0, 0.05) is 5.02 Å². The molecule has 0 saturated carbocycles. The first-order valence-electron chi connectivity index (χ1n) is 4.74. The van der Waals surface area contributed by atoms with Crippen molar-refractivity contribution in [1.29, 1.82) is 0 Å². The number of oxazole rings is 1. The van der Waals surface area contributed by atoms with Crippen LogP contribution in [-0.2, 0) is 0 Å². The highest BCUT2D eigenvalue weighted by atomic mass is 35.5. The second kappa shape index (κ2) is 4.06. The summed E-state index contributed by atoms with van der Waals surface area (Å²) in [5.74, 6) is -0.771. The first-order valence-corrected chi connectivity index (χ1v) is 5.12. The number of benzene rings is 1. The first-order chi connectivity index (χ1) is 7.59. The number of nitrogens with zero attached hydrogens (tertiary/aromatic N) is 1. The Balaban J connectivity index is 2.43. The van der Waals surface area contributed by atoms with Gasteiger partial charge in [-0.1, -0.05) is 23.7 Å². The molecule has 1 aromatic carbocycles. The molecule has 0 aliphatic heterocycles. The summed E-state index contributed by atoms with van der Waals surface area (Å²) in [6.07, 6.45) is 1.02. The second-order valence-corrected chi connectivity index (χ2v) is 3.89. The first kappa shape index (κ1) is 10.8. The van der Waals surface area contributed by atoms with Crippen molar-refractivity contribution in [2.24, 2.45) is 0 Å². The zero-order valence-electron chi connectivity index (χ0n) is 8.55. The van der Waals surface area contributed by atoms with Gasteiger partial charge in [0.2, 0.25) is 5.88 Å². The average molecular weight is 240 g/mol. The second-order valence-electron chi connectivity index (χ2n) is 3.46. The Kier molecular flexibility index (Phi) is 2.75. The zero-order chi connectivity index (χ0) is 11.7. The van der Waals surface area contributed by atoms with Crippen LogP contribution in [0.1, 0.15) is 18.5 Å². The lowest BCUT2D eigenvalue weighted by atomic mass is 10.1. The van der Waals surface area contributed by atoms with Crippen LogP contribution in [0.4, 0.5) is 0 Å². The Morgan fingerprint density at radius 1 is 1.38 bits per heavy atom. The molecule has 1 aromatic heterocycles. The Labute approximate surface area is 96.7 Å². The fourth-order valence-electron chi connectivity index (χ4n) is 1.56. The minimum Gasteiger partial charge on any atom is -0.492 e. The Bertz CT molecular complexity index is 541. The van der Waals surface area contributed by atoms with Gasteiger partial charge in [-0.05, 0) is 24.6 Å². The van der Waals surface area contributed by atoms with E-state index in [0.29, 0.717) is 5.02 Å². The van der Waals surface area contributed by atoms with Crippen molar-refractivity contribution in [1.82, 2.24) is 4.57 Å². The van der Waals surface area contributed by atoms with Gasteiger partial charge in [-0.25, -0.2) is 9.36 Å². The van der Waals surface area contributed by atoms with Gasteiger partial charge in [-0.15, -0.1) is 0 Å². The van der Waals surface area contributed by atoms with Gasteiger partial charge in [0.15, 0.2) is 6.26 Å². The smallest absolute Gasteiger partial charge is 0.422 e. The fourth-order valence-corrected chi connectivity index (χ4v) is 1.68. The SMILES string of the molecule is CC(c1ccc(Cl)cc1)n1c(O)coc1=O. The van der Waals surface area contributed by atoms with Crippen molar-refractivity contribution < 1.29 is 9.52 Å². The molecule has 1 heterocycles. The molecule has 1 N–H and O–H groups in total. The monoisotopic (exact) mass is 239 g/mol.